The summed E-state index contributed by atoms with van der Waals surface area (Å²) in [4.78, 5) is 16.8. The smallest absolute Gasteiger partial charge is 0.226 e. The lowest BCUT2D eigenvalue weighted by molar-refractivity contribution is -0.121. The molecule has 0 bridgehead atoms. The van der Waals surface area contributed by atoms with E-state index < -0.39 is 0 Å². The molecule has 1 aromatic carbocycles. The van der Waals surface area contributed by atoms with Crippen molar-refractivity contribution in [2.75, 3.05) is 5.73 Å². The second-order valence-electron chi connectivity index (χ2n) is 6.19. The second kappa shape index (κ2) is 6.77. The molecule has 0 radical (unpaired) electrons. The number of hydrogen-bond acceptors (Lipinski definition) is 3. The fraction of sp³-hybridized carbons (Fsp3) is 0.444. The van der Waals surface area contributed by atoms with Crippen LogP contribution in [0.3, 0.4) is 0 Å². The Kier molecular flexibility index (Phi) is 4.56. The van der Waals surface area contributed by atoms with Gasteiger partial charge in [-0.05, 0) is 37.1 Å². The molecule has 4 heteroatoms. The number of hydrogen-bond donors (Lipinski definition) is 2. The minimum atomic E-state index is 0.0780. The quantitative estimate of drug-likeness (QED) is 0.675. The molecule has 3 N–H and O–H groups in total. The minimum Gasteiger partial charge on any atom is -0.399 e. The van der Waals surface area contributed by atoms with Gasteiger partial charge >= 0.3 is 0 Å². The molecule has 2 aromatic rings. The zero-order valence-electron chi connectivity index (χ0n) is 12.8. The summed E-state index contributed by atoms with van der Waals surface area (Å²) in [5, 5.41) is 4.17. The summed E-state index contributed by atoms with van der Waals surface area (Å²) in [6.45, 7) is 0. The molecule has 1 aliphatic rings. The maximum atomic E-state index is 12.2. The van der Waals surface area contributed by atoms with Crippen LogP contribution in [-0.4, -0.2) is 16.9 Å². The highest BCUT2D eigenvalue weighted by molar-refractivity contribution is 5.83. The Hall–Kier alpha value is -2.10. The van der Waals surface area contributed by atoms with Crippen molar-refractivity contribution in [1.29, 1.82) is 0 Å². The van der Waals surface area contributed by atoms with E-state index in [1.807, 2.05) is 30.3 Å². The molecule has 0 atom stereocenters. The molecule has 1 aromatic heterocycles. The van der Waals surface area contributed by atoms with Gasteiger partial charge in [-0.25, -0.2) is 0 Å². The summed E-state index contributed by atoms with van der Waals surface area (Å²) in [5.74, 6) is 0.0780. The SMILES string of the molecule is Nc1ccc2nc(CC(=O)NC3CCCCCC3)ccc2c1. The first kappa shape index (κ1) is 14.8. The van der Waals surface area contributed by atoms with Crippen molar-refractivity contribution < 1.29 is 4.79 Å². The van der Waals surface area contributed by atoms with E-state index in [1.165, 1.54) is 25.7 Å². The van der Waals surface area contributed by atoms with Crippen LogP contribution >= 0.6 is 0 Å². The molecule has 4 nitrogen and oxygen atoms in total. The predicted octanol–water partition coefficient (Wildman–Crippen LogP) is 3.20. The number of nitrogens with one attached hydrogen (secondary N) is 1. The lowest BCUT2D eigenvalue weighted by Gasteiger charge is -2.16. The maximum absolute atomic E-state index is 12.2. The largest absolute Gasteiger partial charge is 0.399 e. The van der Waals surface area contributed by atoms with Crippen LogP contribution in [0.2, 0.25) is 0 Å². The monoisotopic (exact) mass is 297 g/mol. The Bertz CT molecular complexity index is 660. The van der Waals surface area contributed by atoms with Crippen LogP contribution in [0.15, 0.2) is 30.3 Å². The number of rotatable bonds is 3. The summed E-state index contributed by atoms with van der Waals surface area (Å²) in [5.41, 5.74) is 8.19. The van der Waals surface area contributed by atoms with E-state index in [4.69, 9.17) is 5.73 Å². The average molecular weight is 297 g/mol. The maximum Gasteiger partial charge on any atom is 0.226 e. The fourth-order valence-corrected chi connectivity index (χ4v) is 3.15. The Morgan fingerprint density at radius 2 is 1.91 bits per heavy atom. The Labute approximate surface area is 131 Å². The first-order valence-corrected chi connectivity index (χ1v) is 8.15. The first-order chi connectivity index (χ1) is 10.7. The van der Waals surface area contributed by atoms with E-state index in [-0.39, 0.29) is 5.91 Å². The van der Waals surface area contributed by atoms with Crippen LogP contribution in [0, 0.1) is 0 Å². The predicted molar refractivity (Wildman–Crippen MR) is 89.5 cm³/mol. The molecule has 1 amide bonds. The number of amides is 1. The molecule has 1 saturated carbocycles. The van der Waals surface area contributed by atoms with Gasteiger partial charge < -0.3 is 11.1 Å². The highest BCUT2D eigenvalue weighted by atomic mass is 16.1. The third-order valence-electron chi connectivity index (χ3n) is 4.33. The molecular weight excluding hydrogens is 274 g/mol. The number of nitrogens with two attached hydrogens (primary N) is 1. The van der Waals surface area contributed by atoms with Gasteiger partial charge in [0.15, 0.2) is 0 Å². The number of carbonyl (C=O) groups excluding carboxylic acids is 1. The van der Waals surface area contributed by atoms with E-state index in [2.05, 4.69) is 10.3 Å². The van der Waals surface area contributed by atoms with Gasteiger partial charge in [-0.1, -0.05) is 31.7 Å². The van der Waals surface area contributed by atoms with E-state index in [9.17, 15) is 4.79 Å². The Morgan fingerprint density at radius 3 is 2.68 bits per heavy atom. The minimum absolute atomic E-state index is 0.0780. The van der Waals surface area contributed by atoms with Gasteiger partial charge in [0.1, 0.15) is 0 Å². The number of nitrogen functional groups attached to an aromatic ring is 1. The number of pyridine rings is 1. The zero-order chi connectivity index (χ0) is 15.4. The van der Waals surface area contributed by atoms with E-state index in [0.29, 0.717) is 12.5 Å². The van der Waals surface area contributed by atoms with Crippen molar-refractivity contribution in [3.8, 4) is 0 Å². The zero-order valence-corrected chi connectivity index (χ0v) is 12.8. The third-order valence-corrected chi connectivity index (χ3v) is 4.33. The van der Waals surface area contributed by atoms with Gasteiger partial charge in [-0.3, -0.25) is 9.78 Å². The Morgan fingerprint density at radius 1 is 1.14 bits per heavy atom. The number of fused-ring (bicyclic) bond motifs is 1. The van der Waals surface area contributed by atoms with Crippen molar-refractivity contribution in [3.05, 3.63) is 36.0 Å². The number of benzene rings is 1. The highest BCUT2D eigenvalue weighted by Crippen LogP contribution is 2.18. The molecule has 1 fully saturated rings. The Balaban J connectivity index is 1.64. The van der Waals surface area contributed by atoms with Crippen molar-refractivity contribution >= 4 is 22.5 Å². The lowest BCUT2D eigenvalue weighted by atomic mass is 10.1. The molecule has 0 aliphatic heterocycles. The van der Waals surface area contributed by atoms with Gasteiger partial charge in [0.05, 0.1) is 17.6 Å². The second-order valence-corrected chi connectivity index (χ2v) is 6.19. The lowest BCUT2D eigenvalue weighted by Crippen LogP contribution is -2.35. The van der Waals surface area contributed by atoms with Gasteiger partial charge in [-0.2, -0.15) is 0 Å². The van der Waals surface area contributed by atoms with E-state index in [0.717, 1.165) is 35.1 Å². The third kappa shape index (κ3) is 3.75. The van der Waals surface area contributed by atoms with Crippen molar-refractivity contribution in [2.24, 2.45) is 0 Å². The van der Waals surface area contributed by atoms with Crippen LogP contribution < -0.4 is 11.1 Å². The van der Waals surface area contributed by atoms with Crippen LogP contribution in [0.4, 0.5) is 5.69 Å². The van der Waals surface area contributed by atoms with E-state index in [1.54, 1.807) is 0 Å². The summed E-state index contributed by atoms with van der Waals surface area (Å²) < 4.78 is 0. The standard InChI is InChI=1S/C18H23N3O/c19-14-8-10-17-13(11-14)7-9-16(20-17)12-18(22)21-15-5-3-1-2-4-6-15/h7-11,15H,1-6,12,19H2,(H,21,22). The summed E-state index contributed by atoms with van der Waals surface area (Å²) >= 11 is 0. The van der Waals surface area contributed by atoms with Gasteiger partial charge in [0.25, 0.3) is 0 Å². The molecular formula is C18H23N3O. The van der Waals surface area contributed by atoms with Crippen molar-refractivity contribution in [2.45, 2.75) is 51.0 Å². The average Bonchev–Trinajstić information content (AvgIpc) is 2.76. The molecule has 1 heterocycles. The van der Waals surface area contributed by atoms with Crippen LogP contribution in [0.25, 0.3) is 10.9 Å². The summed E-state index contributed by atoms with van der Waals surface area (Å²) in [6, 6.07) is 9.87. The first-order valence-electron chi connectivity index (χ1n) is 8.15. The highest BCUT2D eigenvalue weighted by Gasteiger charge is 2.15. The van der Waals surface area contributed by atoms with Crippen LogP contribution in [0.5, 0.6) is 0 Å². The van der Waals surface area contributed by atoms with E-state index >= 15 is 0 Å². The van der Waals surface area contributed by atoms with Gasteiger partial charge in [-0.15, -0.1) is 0 Å². The summed E-state index contributed by atoms with van der Waals surface area (Å²) in [6.07, 6.45) is 7.59. The van der Waals surface area contributed by atoms with Crippen LogP contribution in [0.1, 0.15) is 44.2 Å². The molecule has 0 spiro atoms. The topological polar surface area (TPSA) is 68.0 Å². The van der Waals surface area contributed by atoms with Crippen molar-refractivity contribution in [1.82, 2.24) is 10.3 Å². The molecule has 22 heavy (non-hydrogen) atoms. The molecule has 3 rings (SSSR count). The summed E-state index contributed by atoms with van der Waals surface area (Å²) in [7, 11) is 0. The molecule has 1 aliphatic carbocycles. The number of carbonyl (C=O) groups is 1. The van der Waals surface area contributed by atoms with Gasteiger partial charge in [0, 0.05) is 17.1 Å². The fourth-order valence-electron chi connectivity index (χ4n) is 3.15. The molecule has 0 unspecified atom stereocenters. The number of anilines is 1. The number of nitrogens with zero attached hydrogens (tertiary/aromatic N) is 1. The van der Waals surface area contributed by atoms with Crippen molar-refractivity contribution in [3.63, 3.8) is 0 Å². The van der Waals surface area contributed by atoms with Gasteiger partial charge in [0.2, 0.25) is 5.91 Å². The normalized spacial score (nSPS) is 16.4. The molecule has 116 valence electrons. The van der Waals surface area contributed by atoms with Crippen LogP contribution in [-0.2, 0) is 11.2 Å². The number of aromatic nitrogens is 1. The molecule has 0 saturated heterocycles.